The normalized spacial score (nSPS) is 18.3. The average molecular weight is 200 g/mol. The highest BCUT2D eigenvalue weighted by Crippen LogP contribution is 2.45. The van der Waals surface area contributed by atoms with E-state index < -0.39 is 0 Å². The first-order chi connectivity index (χ1) is 6.60. The van der Waals surface area contributed by atoms with Crippen molar-refractivity contribution in [2.24, 2.45) is 5.41 Å². The Balaban J connectivity index is 2.15. The Morgan fingerprint density at radius 2 is 2.14 bits per heavy atom. The van der Waals surface area contributed by atoms with Gasteiger partial charge in [-0.1, -0.05) is 0 Å². The van der Waals surface area contributed by atoms with Gasteiger partial charge in [0.2, 0.25) is 0 Å². The minimum Gasteiger partial charge on any atom is -0.469 e. The van der Waals surface area contributed by atoms with Crippen molar-refractivity contribution in [3.63, 3.8) is 0 Å². The highest BCUT2D eigenvalue weighted by atomic mass is 16.5. The van der Waals surface area contributed by atoms with Crippen LogP contribution >= 0.6 is 0 Å². The van der Waals surface area contributed by atoms with Gasteiger partial charge in [0.15, 0.2) is 0 Å². The zero-order chi connectivity index (χ0) is 10.6. The molecule has 1 aliphatic carbocycles. The largest absolute Gasteiger partial charge is 0.469 e. The monoisotopic (exact) mass is 200 g/mol. The number of hydrogen-bond acceptors (Lipinski definition) is 4. The van der Waals surface area contributed by atoms with E-state index in [1.165, 1.54) is 7.11 Å². The van der Waals surface area contributed by atoms with Crippen LogP contribution in [0.15, 0.2) is 0 Å². The lowest BCUT2D eigenvalue weighted by Gasteiger charge is -2.15. The van der Waals surface area contributed by atoms with Gasteiger partial charge < -0.3 is 15.0 Å². The smallest absolute Gasteiger partial charge is 0.313 e. The number of methoxy groups -OCH3 is 1. The van der Waals surface area contributed by atoms with Gasteiger partial charge in [0.05, 0.1) is 12.5 Å². The van der Waals surface area contributed by atoms with E-state index in [4.69, 9.17) is 4.74 Å². The first kappa shape index (κ1) is 11.5. The summed E-state index contributed by atoms with van der Waals surface area (Å²) >= 11 is 0. The molecule has 0 aromatic carbocycles. The third-order valence-electron chi connectivity index (χ3n) is 2.67. The van der Waals surface area contributed by atoms with Crippen LogP contribution in [0, 0.1) is 5.41 Å². The van der Waals surface area contributed by atoms with Crippen molar-refractivity contribution in [1.29, 1.82) is 0 Å². The number of nitrogens with one attached hydrogen (secondary N) is 1. The van der Waals surface area contributed by atoms with Gasteiger partial charge in [0.1, 0.15) is 0 Å². The molecule has 0 radical (unpaired) electrons. The van der Waals surface area contributed by atoms with Gasteiger partial charge in [0, 0.05) is 19.6 Å². The van der Waals surface area contributed by atoms with Crippen molar-refractivity contribution in [3.05, 3.63) is 0 Å². The van der Waals surface area contributed by atoms with Crippen molar-refractivity contribution in [3.8, 4) is 0 Å². The number of ether oxygens (including phenoxy) is 1. The summed E-state index contributed by atoms with van der Waals surface area (Å²) in [6.07, 6.45) is 1.93. The molecule has 0 aromatic rings. The predicted octanol–water partition coefficient (Wildman–Crippen LogP) is 0.0908. The predicted molar refractivity (Wildman–Crippen MR) is 55.1 cm³/mol. The average Bonchev–Trinajstić information content (AvgIpc) is 2.92. The number of rotatable bonds is 6. The second-order valence-electron chi connectivity index (χ2n) is 4.25. The summed E-state index contributed by atoms with van der Waals surface area (Å²) in [7, 11) is 5.53. The van der Waals surface area contributed by atoms with Gasteiger partial charge in [0.25, 0.3) is 0 Å². The van der Waals surface area contributed by atoms with E-state index in [0.717, 1.165) is 32.5 Å². The molecule has 0 heterocycles. The SMILES string of the molecule is COC(=O)C1(CNCCN(C)C)CC1. The molecule has 0 atom stereocenters. The summed E-state index contributed by atoms with van der Waals surface area (Å²) in [6.45, 7) is 2.68. The Kier molecular flexibility index (Phi) is 3.89. The topological polar surface area (TPSA) is 41.6 Å². The van der Waals surface area contributed by atoms with Crippen LogP contribution in [0.3, 0.4) is 0 Å². The van der Waals surface area contributed by atoms with E-state index in [1.54, 1.807) is 0 Å². The minimum absolute atomic E-state index is 0.0603. The fraction of sp³-hybridized carbons (Fsp3) is 0.900. The molecule has 0 amide bonds. The maximum atomic E-state index is 11.4. The summed E-state index contributed by atoms with van der Waals surface area (Å²) in [5.41, 5.74) is -0.193. The molecular formula is C10H20N2O2. The molecule has 0 bridgehead atoms. The van der Waals surface area contributed by atoms with Crippen molar-refractivity contribution in [2.75, 3.05) is 40.8 Å². The van der Waals surface area contributed by atoms with E-state index >= 15 is 0 Å². The maximum Gasteiger partial charge on any atom is 0.313 e. The Hall–Kier alpha value is -0.610. The molecule has 1 fully saturated rings. The summed E-state index contributed by atoms with van der Waals surface area (Å²) in [4.78, 5) is 13.5. The van der Waals surface area contributed by atoms with Gasteiger partial charge in [-0.05, 0) is 26.9 Å². The third kappa shape index (κ3) is 2.96. The van der Waals surface area contributed by atoms with Gasteiger partial charge >= 0.3 is 5.97 Å². The molecule has 0 spiro atoms. The molecule has 1 rings (SSSR count). The zero-order valence-electron chi connectivity index (χ0n) is 9.30. The van der Waals surface area contributed by atoms with E-state index in [0.29, 0.717) is 0 Å². The van der Waals surface area contributed by atoms with Gasteiger partial charge in [-0.15, -0.1) is 0 Å². The summed E-state index contributed by atoms with van der Waals surface area (Å²) in [5.74, 6) is -0.0603. The number of hydrogen-bond donors (Lipinski definition) is 1. The quantitative estimate of drug-likeness (QED) is 0.487. The first-order valence-corrected chi connectivity index (χ1v) is 5.04. The van der Waals surface area contributed by atoms with Crippen LogP contribution < -0.4 is 5.32 Å². The highest BCUT2D eigenvalue weighted by Gasteiger charge is 2.50. The fourth-order valence-electron chi connectivity index (χ4n) is 1.45. The summed E-state index contributed by atoms with van der Waals surface area (Å²) < 4.78 is 4.77. The minimum atomic E-state index is -0.193. The van der Waals surface area contributed by atoms with E-state index in [9.17, 15) is 4.79 Å². The molecule has 14 heavy (non-hydrogen) atoms. The molecule has 1 N–H and O–H groups in total. The van der Waals surface area contributed by atoms with Crippen LogP contribution in [0.1, 0.15) is 12.8 Å². The van der Waals surface area contributed by atoms with Crippen molar-refractivity contribution in [1.82, 2.24) is 10.2 Å². The standard InChI is InChI=1S/C10H20N2O2/c1-12(2)7-6-11-8-10(4-5-10)9(13)14-3/h11H,4-8H2,1-3H3. The lowest BCUT2D eigenvalue weighted by atomic mass is 10.1. The molecule has 0 aromatic heterocycles. The van der Waals surface area contributed by atoms with Crippen LogP contribution in [-0.2, 0) is 9.53 Å². The highest BCUT2D eigenvalue weighted by molar-refractivity contribution is 5.80. The van der Waals surface area contributed by atoms with Crippen molar-refractivity contribution >= 4 is 5.97 Å². The van der Waals surface area contributed by atoms with Crippen LogP contribution in [0.4, 0.5) is 0 Å². The molecule has 82 valence electrons. The second-order valence-corrected chi connectivity index (χ2v) is 4.25. The Morgan fingerprint density at radius 1 is 1.50 bits per heavy atom. The van der Waals surface area contributed by atoms with E-state index in [2.05, 4.69) is 10.2 Å². The maximum absolute atomic E-state index is 11.4. The van der Waals surface area contributed by atoms with E-state index in [-0.39, 0.29) is 11.4 Å². The number of carbonyl (C=O) groups is 1. The first-order valence-electron chi connectivity index (χ1n) is 5.04. The molecule has 0 unspecified atom stereocenters. The van der Waals surface area contributed by atoms with Crippen LogP contribution in [0.5, 0.6) is 0 Å². The van der Waals surface area contributed by atoms with E-state index in [1.807, 2.05) is 14.1 Å². The van der Waals surface area contributed by atoms with Crippen LogP contribution in [0.2, 0.25) is 0 Å². The van der Waals surface area contributed by atoms with Crippen LogP contribution in [-0.4, -0.2) is 51.7 Å². The summed E-state index contributed by atoms with van der Waals surface area (Å²) in [6, 6.07) is 0. The Labute approximate surface area is 85.6 Å². The molecule has 4 heteroatoms. The fourth-order valence-corrected chi connectivity index (χ4v) is 1.45. The molecule has 1 aliphatic rings. The van der Waals surface area contributed by atoms with Crippen molar-refractivity contribution in [2.45, 2.75) is 12.8 Å². The Bertz CT molecular complexity index is 200. The second kappa shape index (κ2) is 4.75. The lowest BCUT2D eigenvalue weighted by molar-refractivity contribution is -0.146. The molecular weight excluding hydrogens is 180 g/mol. The van der Waals surface area contributed by atoms with Crippen LogP contribution in [0.25, 0.3) is 0 Å². The van der Waals surface area contributed by atoms with Gasteiger partial charge in [-0.3, -0.25) is 4.79 Å². The number of nitrogens with zero attached hydrogens (tertiary/aromatic N) is 1. The van der Waals surface area contributed by atoms with Gasteiger partial charge in [-0.25, -0.2) is 0 Å². The molecule has 0 saturated heterocycles. The molecule has 0 aliphatic heterocycles. The Morgan fingerprint density at radius 3 is 2.57 bits per heavy atom. The molecule has 1 saturated carbocycles. The lowest BCUT2D eigenvalue weighted by Crippen LogP contribution is -2.34. The number of esters is 1. The zero-order valence-corrected chi connectivity index (χ0v) is 9.30. The van der Waals surface area contributed by atoms with Crippen molar-refractivity contribution < 1.29 is 9.53 Å². The molecule has 4 nitrogen and oxygen atoms in total. The summed E-state index contributed by atoms with van der Waals surface area (Å²) in [5, 5.41) is 3.29. The third-order valence-corrected chi connectivity index (χ3v) is 2.67. The van der Waals surface area contributed by atoms with Gasteiger partial charge in [-0.2, -0.15) is 0 Å². The number of carbonyl (C=O) groups excluding carboxylic acids is 1. The number of likely N-dealkylation sites (N-methyl/N-ethyl adjacent to an activating group) is 1.